The molecular weight excluding hydrogens is 256 g/mol. The molecule has 0 spiro atoms. The third-order valence-corrected chi connectivity index (χ3v) is 4.02. The summed E-state index contributed by atoms with van der Waals surface area (Å²) >= 11 is 0. The first-order valence-corrected chi connectivity index (χ1v) is 7.21. The van der Waals surface area contributed by atoms with Gasteiger partial charge < -0.3 is 14.9 Å². The summed E-state index contributed by atoms with van der Waals surface area (Å²) in [5.74, 6) is 1.68. The van der Waals surface area contributed by atoms with Gasteiger partial charge in [0.05, 0.1) is 12.0 Å². The third kappa shape index (κ3) is 3.44. The summed E-state index contributed by atoms with van der Waals surface area (Å²) in [5.41, 5.74) is -0.804. The highest BCUT2D eigenvalue weighted by Gasteiger charge is 2.42. The van der Waals surface area contributed by atoms with Gasteiger partial charge in [-0.2, -0.15) is 0 Å². The predicted octanol–water partition coefficient (Wildman–Crippen LogP) is 2.03. The van der Waals surface area contributed by atoms with Crippen molar-refractivity contribution in [1.82, 2.24) is 9.80 Å². The zero-order chi connectivity index (χ0) is 15.2. The molecule has 2 amide bonds. The number of carbonyl (C=O) groups excluding carboxylic acids is 1. The van der Waals surface area contributed by atoms with Crippen LogP contribution in [-0.2, 0) is 4.79 Å². The van der Waals surface area contributed by atoms with Gasteiger partial charge in [-0.05, 0) is 25.7 Å². The lowest BCUT2D eigenvalue weighted by atomic mass is 9.78. The number of aliphatic carboxylic acids is 1. The Bertz CT molecular complexity index is 402. The van der Waals surface area contributed by atoms with Crippen molar-refractivity contribution in [2.45, 2.75) is 39.5 Å². The average Bonchev–Trinajstić information content (AvgIpc) is 2.46. The molecule has 1 fully saturated rings. The minimum Gasteiger partial charge on any atom is -0.481 e. The predicted molar refractivity (Wildman–Crippen MR) is 77.3 cm³/mol. The van der Waals surface area contributed by atoms with Crippen molar-refractivity contribution in [1.29, 1.82) is 0 Å². The van der Waals surface area contributed by atoms with Crippen molar-refractivity contribution in [3.05, 3.63) is 0 Å². The van der Waals surface area contributed by atoms with Gasteiger partial charge in [0.25, 0.3) is 0 Å². The normalized spacial score (nSPS) is 22.1. The number of likely N-dealkylation sites (tertiary alicyclic amines) is 1. The second-order valence-electron chi connectivity index (χ2n) is 5.37. The standard InChI is InChI=1S/C15H24N2O3/c1-4-9-16(10-5-2)14(20)17-11-7-8-15(6-3,12-17)13(18)19/h1H,5-12H2,2-3H3,(H,18,19). The molecule has 1 unspecified atom stereocenters. The summed E-state index contributed by atoms with van der Waals surface area (Å²) in [4.78, 5) is 27.2. The number of amides is 2. The molecule has 0 saturated carbocycles. The zero-order valence-electron chi connectivity index (χ0n) is 12.4. The van der Waals surface area contributed by atoms with Gasteiger partial charge in [-0.3, -0.25) is 4.79 Å². The molecule has 1 rings (SSSR count). The van der Waals surface area contributed by atoms with Gasteiger partial charge in [0.1, 0.15) is 0 Å². The molecule has 0 radical (unpaired) electrons. The van der Waals surface area contributed by atoms with Crippen LogP contribution in [0.5, 0.6) is 0 Å². The van der Waals surface area contributed by atoms with Gasteiger partial charge >= 0.3 is 12.0 Å². The van der Waals surface area contributed by atoms with Crippen molar-refractivity contribution in [2.24, 2.45) is 5.41 Å². The van der Waals surface area contributed by atoms with E-state index in [1.54, 1.807) is 9.80 Å². The lowest BCUT2D eigenvalue weighted by Crippen LogP contribution is -2.53. The zero-order valence-corrected chi connectivity index (χ0v) is 12.4. The van der Waals surface area contributed by atoms with Crippen molar-refractivity contribution in [2.75, 3.05) is 26.2 Å². The van der Waals surface area contributed by atoms with Crippen LogP contribution >= 0.6 is 0 Å². The maximum absolute atomic E-state index is 12.5. The first kappa shape index (κ1) is 16.4. The lowest BCUT2D eigenvalue weighted by Gasteiger charge is -2.41. The molecule has 1 N–H and O–H groups in total. The number of piperidine rings is 1. The van der Waals surface area contributed by atoms with Gasteiger partial charge in [-0.1, -0.05) is 19.8 Å². The molecule has 5 nitrogen and oxygen atoms in total. The largest absolute Gasteiger partial charge is 0.481 e. The van der Waals surface area contributed by atoms with E-state index in [-0.39, 0.29) is 19.1 Å². The first-order valence-electron chi connectivity index (χ1n) is 7.21. The number of nitrogens with zero attached hydrogens (tertiary/aromatic N) is 2. The summed E-state index contributed by atoms with van der Waals surface area (Å²) < 4.78 is 0. The molecule has 0 aliphatic carbocycles. The molecule has 0 aromatic heterocycles. The molecule has 1 atom stereocenters. The maximum Gasteiger partial charge on any atom is 0.320 e. The first-order chi connectivity index (χ1) is 9.50. The van der Waals surface area contributed by atoms with E-state index < -0.39 is 11.4 Å². The molecule has 1 aliphatic rings. The quantitative estimate of drug-likeness (QED) is 0.784. The lowest BCUT2D eigenvalue weighted by molar-refractivity contribution is -0.152. The summed E-state index contributed by atoms with van der Waals surface area (Å²) in [5, 5.41) is 9.45. The van der Waals surface area contributed by atoms with Crippen LogP contribution in [0.3, 0.4) is 0 Å². The van der Waals surface area contributed by atoms with Crippen LogP contribution in [0.25, 0.3) is 0 Å². The van der Waals surface area contributed by atoms with Crippen LogP contribution in [0.15, 0.2) is 0 Å². The van der Waals surface area contributed by atoms with E-state index in [0.29, 0.717) is 25.9 Å². The van der Waals surface area contributed by atoms with E-state index in [0.717, 1.165) is 12.8 Å². The highest BCUT2D eigenvalue weighted by molar-refractivity contribution is 5.79. The molecule has 1 saturated heterocycles. The molecule has 112 valence electrons. The third-order valence-electron chi connectivity index (χ3n) is 4.02. The van der Waals surface area contributed by atoms with Crippen LogP contribution < -0.4 is 0 Å². The summed E-state index contributed by atoms with van der Waals surface area (Å²) in [6.45, 7) is 5.62. The van der Waals surface area contributed by atoms with Crippen LogP contribution in [0.4, 0.5) is 4.79 Å². The Hall–Kier alpha value is -1.70. The molecule has 0 bridgehead atoms. The Kier molecular flexibility index (Phi) is 5.87. The van der Waals surface area contributed by atoms with Crippen LogP contribution in [0.2, 0.25) is 0 Å². The van der Waals surface area contributed by atoms with Gasteiger partial charge in [-0.25, -0.2) is 4.79 Å². The fourth-order valence-electron chi connectivity index (χ4n) is 2.73. The smallest absolute Gasteiger partial charge is 0.320 e. The van der Waals surface area contributed by atoms with E-state index in [1.165, 1.54) is 0 Å². The minimum absolute atomic E-state index is 0.136. The van der Waals surface area contributed by atoms with E-state index in [4.69, 9.17) is 6.42 Å². The van der Waals surface area contributed by atoms with Crippen LogP contribution in [0, 0.1) is 17.8 Å². The molecule has 1 aliphatic heterocycles. The fourth-order valence-corrected chi connectivity index (χ4v) is 2.73. The van der Waals surface area contributed by atoms with Crippen molar-refractivity contribution in [3.8, 4) is 12.3 Å². The highest BCUT2D eigenvalue weighted by Crippen LogP contribution is 2.34. The number of carbonyl (C=O) groups is 2. The minimum atomic E-state index is -0.809. The van der Waals surface area contributed by atoms with Crippen LogP contribution in [-0.4, -0.2) is 53.1 Å². The monoisotopic (exact) mass is 280 g/mol. The molecule has 0 aromatic carbocycles. The van der Waals surface area contributed by atoms with E-state index in [1.807, 2.05) is 13.8 Å². The van der Waals surface area contributed by atoms with Crippen molar-refractivity contribution < 1.29 is 14.7 Å². The molecule has 5 heteroatoms. The van der Waals surface area contributed by atoms with E-state index >= 15 is 0 Å². The second-order valence-corrected chi connectivity index (χ2v) is 5.37. The summed E-state index contributed by atoms with van der Waals surface area (Å²) in [7, 11) is 0. The SMILES string of the molecule is C#CCN(CCC)C(=O)N1CCCC(CC)(C(=O)O)C1. The Labute approximate surface area is 120 Å². The number of terminal acetylenes is 1. The number of carboxylic acid groups (broad SMARTS) is 1. The van der Waals surface area contributed by atoms with Gasteiger partial charge in [0.15, 0.2) is 0 Å². The molecule has 0 aromatic rings. The summed E-state index contributed by atoms with van der Waals surface area (Å²) in [6, 6.07) is -0.136. The Morgan fingerprint density at radius 2 is 2.15 bits per heavy atom. The van der Waals surface area contributed by atoms with E-state index in [2.05, 4.69) is 5.92 Å². The Balaban J connectivity index is 2.82. The number of hydrogen-bond donors (Lipinski definition) is 1. The molecular formula is C15H24N2O3. The maximum atomic E-state index is 12.5. The second kappa shape index (κ2) is 7.18. The number of carboxylic acids is 1. The fraction of sp³-hybridized carbons (Fsp3) is 0.733. The Morgan fingerprint density at radius 1 is 1.45 bits per heavy atom. The topological polar surface area (TPSA) is 60.9 Å². The average molecular weight is 280 g/mol. The summed E-state index contributed by atoms with van der Waals surface area (Å²) in [6.07, 6.45) is 8.02. The molecule has 1 heterocycles. The Morgan fingerprint density at radius 3 is 2.65 bits per heavy atom. The van der Waals surface area contributed by atoms with Crippen LogP contribution in [0.1, 0.15) is 39.5 Å². The van der Waals surface area contributed by atoms with Gasteiger partial charge in [-0.15, -0.1) is 6.42 Å². The number of rotatable bonds is 5. The van der Waals surface area contributed by atoms with Gasteiger partial charge in [0, 0.05) is 19.6 Å². The van der Waals surface area contributed by atoms with Gasteiger partial charge in [0.2, 0.25) is 0 Å². The number of hydrogen-bond acceptors (Lipinski definition) is 2. The highest BCUT2D eigenvalue weighted by atomic mass is 16.4. The van der Waals surface area contributed by atoms with Crippen molar-refractivity contribution in [3.63, 3.8) is 0 Å². The number of urea groups is 1. The van der Waals surface area contributed by atoms with E-state index in [9.17, 15) is 14.7 Å². The molecule has 20 heavy (non-hydrogen) atoms. The van der Waals surface area contributed by atoms with Crippen molar-refractivity contribution >= 4 is 12.0 Å².